The summed E-state index contributed by atoms with van der Waals surface area (Å²) in [7, 11) is 0. The molecule has 94 valence electrons. The Kier molecular flexibility index (Phi) is 3.69. The summed E-state index contributed by atoms with van der Waals surface area (Å²) in [5.74, 6) is -0.480. The van der Waals surface area contributed by atoms with E-state index in [9.17, 15) is 4.79 Å². The molecule has 0 heterocycles. The first-order chi connectivity index (χ1) is 9.11. The van der Waals surface area contributed by atoms with E-state index >= 15 is 0 Å². The van der Waals surface area contributed by atoms with Gasteiger partial charge in [-0.2, -0.15) is 5.26 Å². The number of anilines is 2. The number of nitrogens with two attached hydrogens (primary N) is 1. The van der Waals surface area contributed by atoms with E-state index < -0.39 is 5.91 Å². The third kappa shape index (κ3) is 2.84. The number of nitriles is 1. The maximum Gasteiger partial charge on any atom is 0.248 e. The standard InChI is InChI=1S/C14H10ClN3O/c15-12-2-1-3-13(11(12)8-16)18-10-6-4-9(5-7-10)14(17)19/h1-7,18H,(H2,17,19). The Bertz CT molecular complexity index is 659. The number of carbonyl (C=O) groups excluding carboxylic acids is 1. The lowest BCUT2D eigenvalue weighted by Crippen LogP contribution is -2.10. The zero-order valence-electron chi connectivity index (χ0n) is 9.85. The lowest BCUT2D eigenvalue weighted by molar-refractivity contribution is 0.100. The second-order valence-electron chi connectivity index (χ2n) is 3.84. The Balaban J connectivity index is 2.29. The fourth-order valence-electron chi connectivity index (χ4n) is 1.62. The van der Waals surface area contributed by atoms with Gasteiger partial charge in [0.1, 0.15) is 6.07 Å². The normalized spacial score (nSPS) is 9.68. The second-order valence-corrected chi connectivity index (χ2v) is 4.25. The molecule has 0 bridgehead atoms. The molecular formula is C14H10ClN3O. The Morgan fingerprint density at radius 1 is 1.21 bits per heavy atom. The van der Waals surface area contributed by atoms with Gasteiger partial charge in [-0.1, -0.05) is 17.7 Å². The summed E-state index contributed by atoms with van der Waals surface area (Å²) >= 11 is 5.94. The van der Waals surface area contributed by atoms with Gasteiger partial charge in [-0.15, -0.1) is 0 Å². The molecule has 0 saturated carbocycles. The van der Waals surface area contributed by atoms with E-state index in [0.29, 0.717) is 21.8 Å². The summed E-state index contributed by atoms with van der Waals surface area (Å²) in [4.78, 5) is 11.0. The maximum atomic E-state index is 11.0. The van der Waals surface area contributed by atoms with E-state index in [2.05, 4.69) is 5.32 Å². The van der Waals surface area contributed by atoms with Crippen molar-refractivity contribution < 1.29 is 4.79 Å². The van der Waals surface area contributed by atoms with E-state index in [1.807, 2.05) is 6.07 Å². The van der Waals surface area contributed by atoms with Crippen molar-refractivity contribution in [2.75, 3.05) is 5.32 Å². The van der Waals surface area contributed by atoms with Crippen molar-refractivity contribution in [3.63, 3.8) is 0 Å². The van der Waals surface area contributed by atoms with Crippen LogP contribution in [0.25, 0.3) is 0 Å². The van der Waals surface area contributed by atoms with Crippen molar-refractivity contribution in [1.82, 2.24) is 0 Å². The van der Waals surface area contributed by atoms with E-state index in [1.165, 1.54) is 0 Å². The number of hydrogen-bond acceptors (Lipinski definition) is 3. The molecule has 0 spiro atoms. The molecule has 2 aromatic carbocycles. The number of nitrogens with zero attached hydrogens (tertiary/aromatic N) is 1. The number of nitrogens with one attached hydrogen (secondary N) is 1. The van der Waals surface area contributed by atoms with Crippen LogP contribution in [0.15, 0.2) is 42.5 Å². The van der Waals surface area contributed by atoms with Crippen LogP contribution >= 0.6 is 11.6 Å². The number of carbonyl (C=O) groups is 1. The molecule has 0 saturated heterocycles. The molecule has 0 radical (unpaired) electrons. The van der Waals surface area contributed by atoms with Crippen molar-refractivity contribution >= 4 is 28.9 Å². The van der Waals surface area contributed by atoms with Crippen LogP contribution in [0.3, 0.4) is 0 Å². The fourth-order valence-corrected chi connectivity index (χ4v) is 1.83. The van der Waals surface area contributed by atoms with Gasteiger partial charge >= 0.3 is 0 Å². The number of amides is 1. The maximum absolute atomic E-state index is 11.0. The van der Waals surface area contributed by atoms with Crippen molar-refractivity contribution in [3.8, 4) is 6.07 Å². The molecular weight excluding hydrogens is 262 g/mol. The monoisotopic (exact) mass is 271 g/mol. The Morgan fingerprint density at radius 3 is 2.47 bits per heavy atom. The SMILES string of the molecule is N#Cc1c(Cl)cccc1Nc1ccc(C(N)=O)cc1. The molecule has 0 aliphatic heterocycles. The zero-order valence-corrected chi connectivity index (χ0v) is 10.6. The van der Waals surface area contributed by atoms with E-state index in [4.69, 9.17) is 22.6 Å². The molecule has 0 aliphatic carbocycles. The third-order valence-corrected chi connectivity index (χ3v) is 2.89. The molecule has 0 unspecified atom stereocenters. The fraction of sp³-hybridized carbons (Fsp3) is 0. The van der Waals surface area contributed by atoms with Gasteiger partial charge in [0.15, 0.2) is 0 Å². The summed E-state index contributed by atoms with van der Waals surface area (Å²) in [6.07, 6.45) is 0. The quantitative estimate of drug-likeness (QED) is 0.900. The molecule has 0 fully saturated rings. The average molecular weight is 272 g/mol. The first-order valence-electron chi connectivity index (χ1n) is 5.47. The van der Waals surface area contributed by atoms with Gasteiger partial charge in [0.25, 0.3) is 0 Å². The largest absolute Gasteiger partial charge is 0.366 e. The smallest absolute Gasteiger partial charge is 0.248 e. The number of hydrogen-bond donors (Lipinski definition) is 2. The highest BCUT2D eigenvalue weighted by Crippen LogP contribution is 2.26. The number of primary amides is 1. The zero-order chi connectivity index (χ0) is 13.8. The first-order valence-corrected chi connectivity index (χ1v) is 5.85. The van der Waals surface area contributed by atoms with Crippen molar-refractivity contribution in [1.29, 1.82) is 5.26 Å². The van der Waals surface area contributed by atoms with Gasteiger partial charge in [0, 0.05) is 11.3 Å². The van der Waals surface area contributed by atoms with Gasteiger partial charge in [-0.05, 0) is 36.4 Å². The number of rotatable bonds is 3. The summed E-state index contributed by atoms with van der Waals surface area (Å²) in [6, 6.07) is 13.9. The van der Waals surface area contributed by atoms with Crippen molar-refractivity contribution in [3.05, 3.63) is 58.6 Å². The van der Waals surface area contributed by atoms with Gasteiger partial charge < -0.3 is 11.1 Å². The molecule has 2 aromatic rings. The van der Waals surface area contributed by atoms with Crippen LogP contribution in [0.2, 0.25) is 5.02 Å². The predicted octanol–water partition coefficient (Wildman–Crippen LogP) is 3.05. The van der Waals surface area contributed by atoms with Crippen LogP contribution in [0.4, 0.5) is 11.4 Å². The Labute approximate surface area is 115 Å². The molecule has 5 heteroatoms. The van der Waals surface area contributed by atoms with Crippen LogP contribution in [0.5, 0.6) is 0 Å². The predicted molar refractivity (Wildman–Crippen MR) is 74.4 cm³/mol. The van der Waals surface area contributed by atoms with E-state index in [0.717, 1.165) is 5.69 Å². The second kappa shape index (κ2) is 5.42. The van der Waals surface area contributed by atoms with Gasteiger partial charge in [0.2, 0.25) is 5.91 Å². The van der Waals surface area contributed by atoms with Crippen LogP contribution in [0.1, 0.15) is 15.9 Å². The van der Waals surface area contributed by atoms with Crippen molar-refractivity contribution in [2.45, 2.75) is 0 Å². The van der Waals surface area contributed by atoms with Crippen LogP contribution in [0, 0.1) is 11.3 Å². The summed E-state index contributed by atoms with van der Waals surface area (Å²) < 4.78 is 0. The summed E-state index contributed by atoms with van der Waals surface area (Å²) in [6.45, 7) is 0. The van der Waals surface area contributed by atoms with Crippen LogP contribution < -0.4 is 11.1 Å². The van der Waals surface area contributed by atoms with Crippen molar-refractivity contribution in [2.24, 2.45) is 5.73 Å². The third-order valence-electron chi connectivity index (χ3n) is 2.57. The molecule has 0 aromatic heterocycles. The highest BCUT2D eigenvalue weighted by molar-refractivity contribution is 6.32. The molecule has 0 aliphatic rings. The summed E-state index contributed by atoms with van der Waals surface area (Å²) in [5.41, 5.74) is 7.32. The summed E-state index contributed by atoms with van der Waals surface area (Å²) in [5, 5.41) is 12.5. The molecule has 1 amide bonds. The lowest BCUT2D eigenvalue weighted by Gasteiger charge is -2.09. The Hall–Kier alpha value is -2.51. The minimum absolute atomic E-state index is 0.378. The van der Waals surface area contributed by atoms with Gasteiger partial charge in [-0.25, -0.2) is 0 Å². The number of halogens is 1. The van der Waals surface area contributed by atoms with Crippen LogP contribution in [-0.4, -0.2) is 5.91 Å². The Morgan fingerprint density at radius 2 is 1.89 bits per heavy atom. The lowest BCUT2D eigenvalue weighted by atomic mass is 10.1. The molecule has 19 heavy (non-hydrogen) atoms. The minimum Gasteiger partial charge on any atom is -0.366 e. The number of benzene rings is 2. The van der Waals surface area contributed by atoms with Gasteiger partial charge in [-0.3, -0.25) is 4.79 Å². The highest BCUT2D eigenvalue weighted by Gasteiger charge is 2.06. The van der Waals surface area contributed by atoms with Crippen LogP contribution in [-0.2, 0) is 0 Å². The molecule has 3 N–H and O–H groups in total. The molecule has 2 rings (SSSR count). The molecule has 4 nitrogen and oxygen atoms in total. The molecule has 0 atom stereocenters. The first kappa shape index (κ1) is 12.9. The minimum atomic E-state index is -0.480. The highest BCUT2D eigenvalue weighted by atomic mass is 35.5. The van der Waals surface area contributed by atoms with E-state index in [-0.39, 0.29) is 0 Å². The van der Waals surface area contributed by atoms with E-state index in [1.54, 1.807) is 42.5 Å². The van der Waals surface area contributed by atoms with Gasteiger partial charge in [0.05, 0.1) is 16.3 Å². The average Bonchev–Trinajstić information content (AvgIpc) is 2.39. The topological polar surface area (TPSA) is 78.9 Å².